The Bertz CT molecular complexity index is 393. The van der Waals surface area contributed by atoms with Crippen molar-refractivity contribution in [2.24, 2.45) is 0 Å². The molecule has 0 bridgehead atoms. The van der Waals surface area contributed by atoms with Gasteiger partial charge in [-0.05, 0) is 12.8 Å². The predicted molar refractivity (Wildman–Crippen MR) is 76.1 cm³/mol. The Morgan fingerprint density at radius 2 is 1.48 bits per heavy atom. The number of unbranched alkanes of at least 4 members (excludes halogenated alkanes) is 3. The monoisotopic (exact) mass is 297 g/mol. The van der Waals surface area contributed by atoms with Crippen LogP contribution in [0.4, 0.5) is 0 Å². The molecule has 118 valence electrons. The molecule has 0 atom stereocenters. The van der Waals surface area contributed by atoms with E-state index >= 15 is 0 Å². The zero-order valence-corrected chi connectivity index (χ0v) is 12.4. The van der Waals surface area contributed by atoms with Gasteiger partial charge in [0.15, 0.2) is 0 Å². The first-order valence-corrected chi connectivity index (χ1v) is 7.35. The molecule has 0 spiro atoms. The maximum absolute atomic E-state index is 11.6. The lowest BCUT2D eigenvalue weighted by Gasteiger charge is -2.13. The number of amides is 4. The summed E-state index contributed by atoms with van der Waals surface area (Å²) in [5.41, 5.74) is 0. The maximum atomic E-state index is 11.6. The van der Waals surface area contributed by atoms with Crippen molar-refractivity contribution in [1.82, 2.24) is 15.5 Å². The van der Waals surface area contributed by atoms with Gasteiger partial charge in [-0.1, -0.05) is 12.8 Å². The normalized spacial score (nSPS) is 14.4. The van der Waals surface area contributed by atoms with Gasteiger partial charge in [-0.25, -0.2) is 0 Å². The number of rotatable bonds is 9. The van der Waals surface area contributed by atoms with Crippen molar-refractivity contribution in [3.63, 3.8) is 0 Å². The van der Waals surface area contributed by atoms with Crippen molar-refractivity contribution in [1.29, 1.82) is 0 Å². The average Bonchev–Trinajstić information content (AvgIpc) is 2.73. The molecule has 7 nitrogen and oxygen atoms in total. The molecular weight excluding hydrogens is 274 g/mol. The fraction of sp³-hybridized carbons (Fsp3) is 0.714. The minimum Gasteiger partial charge on any atom is -0.356 e. The van der Waals surface area contributed by atoms with Crippen molar-refractivity contribution in [2.75, 3.05) is 19.6 Å². The van der Waals surface area contributed by atoms with Crippen LogP contribution in [-0.2, 0) is 19.2 Å². The van der Waals surface area contributed by atoms with Crippen molar-refractivity contribution in [3.8, 4) is 0 Å². The molecule has 1 heterocycles. The first-order valence-electron chi connectivity index (χ1n) is 7.35. The number of carbonyl (C=O) groups is 4. The van der Waals surface area contributed by atoms with Crippen LogP contribution in [0.5, 0.6) is 0 Å². The van der Waals surface area contributed by atoms with Gasteiger partial charge in [0.1, 0.15) is 6.54 Å². The molecule has 0 aromatic carbocycles. The largest absolute Gasteiger partial charge is 0.356 e. The summed E-state index contributed by atoms with van der Waals surface area (Å²) in [7, 11) is 0. The number of imide groups is 1. The molecule has 21 heavy (non-hydrogen) atoms. The zero-order valence-electron chi connectivity index (χ0n) is 12.4. The molecule has 1 fully saturated rings. The summed E-state index contributed by atoms with van der Waals surface area (Å²) >= 11 is 0. The number of hydrogen-bond donors (Lipinski definition) is 2. The summed E-state index contributed by atoms with van der Waals surface area (Å²) in [5.74, 6) is -0.855. The van der Waals surface area contributed by atoms with Crippen LogP contribution in [0.1, 0.15) is 45.4 Å². The fourth-order valence-corrected chi connectivity index (χ4v) is 2.09. The van der Waals surface area contributed by atoms with Crippen molar-refractivity contribution in [3.05, 3.63) is 0 Å². The molecule has 0 aromatic heterocycles. The van der Waals surface area contributed by atoms with Gasteiger partial charge in [0.2, 0.25) is 23.6 Å². The first-order chi connectivity index (χ1) is 10.0. The minimum absolute atomic E-state index is 0.0201. The molecule has 0 saturated carbocycles. The van der Waals surface area contributed by atoms with E-state index in [0.29, 0.717) is 13.1 Å². The topological polar surface area (TPSA) is 95.6 Å². The third-order valence-electron chi connectivity index (χ3n) is 3.26. The molecule has 1 aliphatic heterocycles. The van der Waals surface area contributed by atoms with Gasteiger partial charge >= 0.3 is 0 Å². The summed E-state index contributed by atoms with van der Waals surface area (Å²) in [5, 5.41) is 5.43. The van der Waals surface area contributed by atoms with E-state index in [1.54, 1.807) is 0 Å². The van der Waals surface area contributed by atoms with Crippen molar-refractivity contribution in [2.45, 2.75) is 45.4 Å². The summed E-state index contributed by atoms with van der Waals surface area (Å²) in [4.78, 5) is 45.9. The standard InChI is InChI=1S/C14H23N3O4/c1-11(18)15-8-4-2-3-5-9-16-12(19)10-17-13(20)6-7-14(17)21/h2-10H2,1H3,(H,15,18)(H,16,19). The Morgan fingerprint density at radius 3 is 2.00 bits per heavy atom. The molecule has 0 aromatic rings. The average molecular weight is 297 g/mol. The molecular formula is C14H23N3O4. The first kappa shape index (κ1) is 17.1. The second kappa shape index (κ2) is 9.10. The summed E-state index contributed by atoms with van der Waals surface area (Å²) in [6.45, 7) is 2.54. The maximum Gasteiger partial charge on any atom is 0.240 e. The number of likely N-dealkylation sites (tertiary alicyclic amines) is 1. The van der Waals surface area contributed by atoms with Crippen LogP contribution in [0.15, 0.2) is 0 Å². The Labute approximate surface area is 124 Å². The third kappa shape index (κ3) is 6.87. The van der Waals surface area contributed by atoms with E-state index in [2.05, 4.69) is 10.6 Å². The van der Waals surface area contributed by atoms with E-state index in [1.165, 1.54) is 6.92 Å². The smallest absolute Gasteiger partial charge is 0.240 e. The van der Waals surface area contributed by atoms with E-state index < -0.39 is 0 Å². The molecule has 0 aliphatic carbocycles. The van der Waals surface area contributed by atoms with Gasteiger partial charge in [-0.15, -0.1) is 0 Å². The van der Waals surface area contributed by atoms with E-state index in [0.717, 1.165) is 30.6 Å². The van der Waals surface area contributed by atoms with Crippen LogP contribution in [0.3, 0.4) is 0 Å². The molecule has 2 N–H and O–H groups in total. The second-order valence-electron chi connectivity index (χ2n) is 5.12. The lowest BCUT2D eigenvalue weighted by molar-refractivity contribution is -0.142. The van der Waals surface area contributed by atoms with Gasteiger partial charge in [0, 0.05) is 32.9 Å². The highest BCUT2D eigenvalue weighted by molar-refractivity contribution is 6.04. The van der Waals surface area contributed by atoms with Gasteiger partial charge in [0.25, 0.3) is 0 Å². The highest BCUT2D eigenvalue weighted by Gasteiger charge is 2.30. The van der Waals surface area contributed by atoms with Crippen LogP contribution in [0.25, 0.3) is 0 Å². The van der Waals surface area contributed by atoms with E-state index in [-0.39, 0.29) is 43.0 Å². The number of nitrogens with zero attached hydrogens (tertiary/aromatic N) is 1. The van der Waals surface area contributed by atoms with Crippen molar-refractivity contribution >= 4 is 23.6 Å². The summed E-state index contributed by atoms with van der Waals surface area (Å²) in [6.07, 6.45) is 4.12. The van der Waals surface area contributed by atoms with E-state index in [1.807, 2.05) is 0 Å². The number of carbonyl (C=O) groups excluding carboxylic acids is 4. The lowest BCUT2D eigenvalue weighted by Crippen LogP contribution is -2.40. The fourth-order valence-electron chi connectivity index (χ4n) is 2.09. The zero-order chi connectivity index (χ0) is 15.7. The van der Waals surface area contributed by atoms with Gasteiger partial charge in [-0.3, -0.25) is 24.1 Å². The summed E-state index contributed by atoms with van der Waals surface area (Å²) < 4.78 is 0. The minimum atomic E-state index is -0.295. The Hall–Kier alpha value is -1.92. The highest BCUT2D eigenvalue weighted by atomic mass is 16.2. The van der Waals surface area contributed by atoms with Gasteiger partial charge < -0.3 is 10.6 Å². The molecule has 4 amide bonds. The molecule has 1 rings (SSSR count). The molecule has 0 unspecified atom stereocenters. The van der Waals surface area contributed by atoms with E-state index in [4.69, 9.17) is 0 Å². The van der Waals surface area contributed by atoms with Crippen LogP contribution in [-0.4, -0.2) is 48.2 Å². The lowest BCUT2D eigenvalue weighted by atomic mass is 10.2. The third-order valence-corrected chi connectivity index (χ3v) is 3.26. The predicted octanol–water partition coefficient (Wildman–Crippen LogP) is -0.0519. The molecule has 0 radical (unpaired) electrons. The molecule has 7 heteroatoms. The van der Waals surface area contributed by atoms with E-state index in [9.17, 15) is 19.2 Å². The Balaban J connectivity index is 2.00. The summed E-state index contributed by atoms with van der Waals surface area (Å²) in [6, 6.07) is 0. The Morgan fingerprint density at radius 1 is 0.952 bits per heavy atom. The van der Waals surface area contributed by atoms with Crippen LogP contribution in [0, 0.1) is 0 Å². The van der Waals surface area contributed by atoms with Crippen LogP contribution >= 0.6 is 0 Å². The number of hydrogen-bond acceptors (Lipinski definition) is 4. The quantitative estimate of drug-likeness (QED) is 0.460. The molecule has 1 saturated heterocycles. The highest BCUT2D eigenvalue weighted by Crippen LogP contribution is 2.10. The Kier molecular flexibility index (Phi) is 7.42. The van der Waals surface area contributed by atoms with Gasteiger partial charge in [0.05, 0.1) is 0 Å². The van der Waals surface area contributed by atoms with Crippen LogP contribution < -0.4 is 10.6 Å². The van der Waals surface area contributed by atoms with Gasteiger partial charge in [-0.2, -0.15) is 0 Å². The number of nitrogens with one attached hydrogen (secondary N) is 2. The molecule has 1 aliphatic rings. The SMILES string of the molecule is CC(=O)NCCCCCCNC(=O)CN1C(=O)CCC1=O. The second-order valence-corrected chi connectivity index (χ2v) is 5.12. The van der Waals surface area contributed by atoms with Crippen LogP contribution in [0.2, 0.25) is 0 Å². The van der Waals surface area contributed by atoms with Crippen molar-refractivity contribution < 1.29 is 19.2 Å².